The number of carbonyl (C=O) groups is 1. The van der Waals surface area contributed by atoms with Crippen LogP contribution < -0.4 is 5.32 Å². The third kappa shape index (κ3) is 4.65. The molecule has 1 rings (SSSR count). The van der Waals surface area contributed by atoms with Crippen LogP contribution in [0.1, 0.15) is 39.5 Å². The smallest absolute Gasteiger partial charge is 0.220 e. The summed E-state index contributed by atoms with van der Waals surface area (Å²) in [5.41, 5.74) is 0. The van der Waals surface area contributed by atoms with Crippen LogP contribution in [0.5, 0.6) is 0 Å². The van der Waals surface area contributed by atoms with Gasteiger partial charge in [0.2, 0.25) is 5.91 Å². The molecule has 1 aliphatic rings. The summed E-state index contributed by atoms with van der Waals surface area (Å²) in [6.07, 6.45) is 4.08. The van der Waals surface area contributed by atoms with Gasteiger partial charge in [0.05, 0.1) is 0 Å². The zero-order chi connectivity index (χ0) is 11.3. The molecule has 1 saturated heterocycles. The third-order valence-electron chi connectivity index (χ3n) is 3.33. The van der Waals surface area contributed by atoms with Gasteiger partial charge in [-0.15, -0.1) is 0 Å². The normalized spacial score (nSPS) is 21.3. The first kappa shape index (κ1) is 12.5. The molecule has 0 aromatic heterocycles. The SMILES string of the molecule is CCC(C)NC(=O)CC1CCN(C)CC1. The van der Waals surface area contributed by atoms with Crippen LogP contribution in [0.4, 0.5) is 0 Å². The van der Waals surface area contributed by atoms with Crippen molar-refractivity contribution in [2.45, 2.75) is 45.6 Å². The molecule has 1 atom stereocenters. The van der Waals surface area contributed by atoms with Gasteiger partial charge in [0.25, 0.3) is 0 Å². The van der Waals surface area contributed by atoms with Crippen LogP contribution in [-0.2, 0) is 4.79 Å². The minimum Gasteiger partial charge on any atom is -0.354 e. The second kappa shape index (κ2) is 6.11. The fraction of sp³-hybridized carbons (Fsp3) is 0.917. The van der Waals surface area contributed by atoms with E-state index in [9.17, 15) is 4.79 Å². The molecule has 3 heteroatoms. The topological polar surface area (TPSA) is 32.3 Å². The van der Waals surface area contributed by atoms with E-state index in [4.69, 9.17) is 0 Å². The highest BCUT2D eigenvalue weighted by molar-refractivity contribution is 5.76. The van der Waals surface area contributed by atoms with Crippen molar-refractivity contribution in [3.63, 3.8) is 0 Å². The molecular formula is C12H24N2O. The van der Waals surface area contributed by atoms with Crippen molar-refractivity contribution in [3.8, 4) is 0 Å². The number of carbonyl (C=O) groups excluding carboxylic acids is 1. The monoisotopic (exact) mass is 212 g/mol. The maximum absolute atomic E-state index is 11.6. The van der Waals surface area contributed by atoms with Crippen molar-refractivity contribution in [1.82, 2.24) is 10.2 Å². The summed E-state index contributed by atoms with van der Waals surface area (Å²) in [7, 11) is 2.15. The Morgan fingerprint density at radius 3 is 2.60 bits per heavy atom. The average Bonchev–Trinajstić information content (AvgIpc) is 2.21. The lowest BCUT2D eigenvalue weighted by Crippen LogP contribution is -2.36. The Hall–Kier alpha value is -0.570. The largest absolute Gasteiger partial charge is 0.354 e. The Kier molecular flexibility index (Phi) is 5.09. The van der Waals surface area contributed by atoms with Crippen LogP contribution in [0.25, 0.3) is 0 Å². The molecule has 1 aliphatic heterocycles. The van der Waals surface area contributed by atoms with Crippen LogP contribution in [0.15, 0.2) is 0 Å². The summed E-state index contributed by atoms with van der Waals surface area (Å²) < 4.78 is 0. The van der Waals surface area contributed by atoms with Crippen LogP contribution in [-0.4, -0.2) is 37.0 Å². The zero-order valence-corrected chi connectivity index (χ0v) is 10.3. The Morgan fingerprint density at radius 1 is 1.47 bits per heavy atom. The molecular weight excluding hydrogens is 188 g/mol. The molecule has 0 radical (unpaired) electrons. The second-order valence-corrected chi connectivity index (χ2v) is 4.83. The molecule has 0 aliphatic carbocycles. The van der Waals surface area contributed by atoms with E-state index in [-0.39, 0.29) is 5.91 Å². The molecule has 0 saturated carbocycles. The van der Waals surface area contributed by atoms with Crippen molar-refractivity contribution in [2.24, 2.45) is 5.92 Å². The molecule has 0 spiro atoms. The number of nitrogens with one attached hydrogen (secondary N) is 1. The predicted octanol–water partition coefficient (Wildman–Crippen LogP) is 1.63. The number of likely N-dealkylation sites (tertiary alicyclic amines) is 1. The Bertz CT molecular complexity index is 198. The van der Waals surface area contributed by atoms with Gasteiger partial charge in [-0.3, -0.25) is 4.79 Å². The Labute approximate surface area is 93.2 Å². The maximum atomic E-state index is 11.6. The fourth-order valence-corrected chi connectivity index (χ4v) is 1.96. The predicted molar refractivity (Wildman–Crippen MR) is 62.7 cm³/mol. The molecule has 0 aromatic rings. The van der Waals surface area contributed by atoms with Gasteiger partial charge in [-0.05, 0) is 52.2 Å². The lowest BCUT2D eigenvalue weighted by molar-refractivity contribution is -0.122. The minimum absolute atomic E-state index is 0.235. The van der Waals surface area contributed by atoms with Crippen molar-refractivity contribution in [3.05, 3.63) is 0 Å². The molecule has 0 aromatic carbocycles. The van der Waals surface area contributed by atoms with E-state index in [1.54, 1.807) is 0 Å². The van der Waals surface area contributed by atoms with E-state index < -0.39 is 0 Å². The Balaban J connectivity index is 2.20. The lowest BCUT2D eigenvalue weighted by atomic mass is 9.93. The molecule has 15 heavy (non-hydrogen) atoms. The van der Waals surface area contributed by atoms with Crippen molar-refractivity contribution < 1.29 is 4.79 Å². The summed E-state index contributed by atoms with van der Waals surface area (Å²) in [6.45, 7) is 6.44. The molecule has 1 fully saturated rings. The minimum atomic E-state index is 0.235. The molecule has 1 unspecified atom stereocenters. The van der Waals surface area contributed by atoms with Crippen molar-refractivity contribution in [1.29, 1.82) is 0 Å². The van der Waals surface area contributed by atoms with E-state index in [1.807, 2.05) is 0 Å². The first-order valence-corrected chi connectivity index (χ1v) is 6.09. The van der Waals surface area contributed by atoms with E-state index in [2.05, 4.69) is 31.1 Å². The number of hydrogen-bond donors (Lipinski definition) is 1. The molecule has 3 nitrogen and oxygen atoms in total. The summed E-state index contributed by atoms with van der Waals surface area (Å²) in [5, 5.41) is 3.04. The lowest BCUT2D eigenvalue weighted by Gasteiger charge is -2.28. The van der Waals surface area contributed by atoms with E-state index in [0.717, 1.165) is 25.9 Å². The number of amides is 1. The van der Waals surface area contributed by atoms with E-state index in [0.29, 0.717) is 12.0 Å². The van der Waals surface area contributed by atoms with Gasteiger partial charge < -0.3 is 10.2 Å². The van der Waals surface area contributed by atoms with Gasteiger partial charge in [-0.25, -0.2) is 0 Å². The van der Waals surface area contributed by atoms with Gasteiger partial charge in [0.1, 0.15) is 0 Å². The van der Waals surface area contributed by atoms with Crippen LogP contribution in [0.2, 0.25) is 0 Å². The zero-order valence-electron chi connectivity index (χ0n) is 10.3. The van der Waals surface area contributed by atoms with E-state index in [1.165, 1.54) is 12.8 Å². The highest BCUT2D eigenvalue weighted by Gasteiger charge is 2.19. The first-order chi connectivity index (χ1) is 7.11. The summed E-state index contributed by atoms with van der Waals surface area (Å²) in [6, 6.07) is 0.323. The number of nitrogens with zero attached hydrogens (tertiary/aromatic N) is 1. The molecule has 1 amide bonds. The van der Waals surface area contributed by atoms with Crippen molar-refractivity contribution in [2.75, 3.05) is 20.1 Å². The Morgan fingerprint density at radius 2 is 2.07 bits per heavy atom. The average molecular weight is 212 g/mol. The summed E-state index contributed by atoms with van der Waals surface area (Å²) in [5.74, 6) is 0.837. The number of rotatable bonds is 4. The quantitative estimate of drug-likeness (QED) is 0.768. The molecule has 1 heterocycles. The molecule has 0 bridgehead atoms. The van der Waals surface area contributed by atoms with Gasteiger partial charge in [-0.1, -0.05) is 6.92 Å². The first-order valence-electron chi connectivity index (χ1n) is 6.09. The van der Waals surface area contributed by atoms with Crippen LogP contribution in [0, 0.1) is 5.92 Å². The molecule has 1 N–H and O–H groups in total. The summed E-state index contributed by atoms with van der Waals surface area (Å²) in [4.78, 5) is 14.0. The second-order valence-electron chi connectivity index (χ2n) is 4.83. The highest BCUT2D eigenvalue weighted by Crippen LogP contribution is 2.19. The number of piperidine rings is 1. The van der Waals surface area contributed by atoms with Gasteiger partial charge >= 0.3 is 0 Å². The van der Waals surface area contributed by atoms with Crippen molar-refractivity contribution >= 4 is 5.91 Å². The fourth-order valence-electron chi connectivity index (χ4n) is 1.96. The standard InChI is InChI=1S/C12H24N2O/c1-4-10(2)13-12(15)9-11-5-7-14(3)8-6-11/h10-11H,4-9H2,1-3H3,(H,13,15). The van der Waals surface area contributed by atoms with Gasteiger partial charge in [-0.2, -0.15) is 0 Å². The summed E-state index contributed by atoms with van der Waals surface area (Å²) >= 11 is 0. The van der Waals surface area contributed by atoms with Crippen LogP contribution in [0.3, 0.4) is 0 Å². The number of hydrogen-bond acceptors (Lipinski definition) is 2. The van der Waals surface area contributed by atoms with Gasteiger partial charge in [0, 0.05) is 12.5 Å². The third-order valence-corrected chi connectivity index (χ3v) is 3.33. The van der Waals surface area contributed by atoms with E-state index >= 15 is 0 Å². The highest BCUT2D eigenvalue weighted by atomic mass is 16.1. The van der Waals surface area contributed by atoms with Crippen LogP contribution >= 0.6 is 0 Å². The van der Waals surface area contributed by atoms with Gasteiger partial charge in [0.15, 0.2) is 0 Å². The molecule has 88 valence electrons. The maximum Gasteiger partial charge on any atom is 0.220 e.